The lowest BCUT2D eigenvalue weighted by atomic mass is 9.77. The van der Waals surface area contributed by atoms with Gasteiger partial charge in [-0.1, -0.05) is 70.2 Å². The average molecular weight is 373 g/mol. The molecule has 0 atom stereocenters. The van der Waals surface area contributed by atoms with Gasteiger partial charge in [0.1, 0.15) is 0 Å². The van der Waals surface area contributed by atoms with Crippen LogP contribution in [0.2, 0.25) is 0 Å². The molecule has 2 aliphatic rings. The molecule has 2 nitrogen and oxygen atoms in total. The van der Waals surface area contributed by atoms with Crippen molar-refractivity contribution in [2.24, 2.45) is 11.8 Å². The van der Waals surface area contributed by atoms with Gasteiger partial charge < -0.3 is 9.47 Å². The normalized spacial score (nSPS) is 31.7. The van der Waals surface area contributed by atoms with Gasteiger partial charge in [-0.2, -0.15) is 0 Å². The first-order valence-electron chi connectivity index (χ1n) is 11.5. The minimum absolute atomic E-state index is 0.551. The Morgan fingerprint density at radius 2 is 1.48 bits per heavy atom. The van der Waals surface area contributed by atoms with Crippen LogP contribution in [0.1, 0.15) is 102 Å². The standard InChI is InChI=1S/C25H40O2/c1-4-6-7-9-20-10-12-22(13-11-20)23-14-16-24(17-15-23)25(3)26-18-21(8-5-2)19-27-25/h14-17,20-22H,4-13,18-19H2,1-3H3/t20-,21?,22-,25?. The molecule has 1 aromatic carbocycles. The summed E-state index contributed by atoms with van der Waals surface area (Å²) in [6.07, 6.45) is 13.6. The predicted octanol–water partition coefficient (Wildman–Crippen LogP) is 7.18. The molecule has 2 fully saturated rings. The number of rotatable bonds is 8. The molecule has 152 valence electrons. The van der Waals surface area contributed by atoms with Crippen LogP contribution in [0.4, 0.5) is 0 Å². The first-order chi connectivity index (χ1) is 13.1. The Balaban J connectivity index is 1.51. The van der Waals surface area contributed by atoms with E-state index in [1.54, 1.807) is 0 Å². The van der Waals surface area contributed by atoms with Crippen LogP contribution in [0.5, 0.6) is 0 Å². The van der Waals surface area contributed by atoms with Gasteiger partial charge in [0.2, 0.25) is 0 Å². The molecular formula is C25H40O2. The summed E-state index contributed by atoms with van der Waals surface area (Å²) in [5.74, 6) is 1.71. The summed E-state index contributed by atoms with van der Waals surface area (Å²) in [6, 6.07) is 9.13. The Bertz CT molecular complexity index is 534. The van der Waals surface area contributed by atoms with Gasteiger partial charge in [-0.05, 0) is 56.4 Å². The van der Waals surface area contributed by atoms with Gasteiger partial charge in [0.25, 0.3) is 0 Å². The molecule has 0 radical (unpaired) electrons. The Labute approximate surface area is 167 Å². The van der Waals surface area contributed by atoms with E-state index in [0.29, 0.717) is 5.92 Å². The van der Waals surface area contributed by atoms with E-state index in [1.165, 1.54) is 69.8 Å². The maximum atomic E-state index is 6.14. The van der Waals surface area contributed by atoms with Gasteiger partial charge in [-0.15, -0.1) is 0 Å². The second kappa shape index (κ2) is 10.1. The highest BCUT2D eigenvalue weighted by atomic mass is 16.7. The molecule has 1 saturated carbocycles. The van der Waals surface area contributed by atoms with E-state index in [9.17, 15) is 0 Å². The summed E-state index contributed by atoms with van der Waals surface area (Å²) >= 11 is 0. The molecule has 0 unspecified atom stereocenters. The minimum atomic E-state index is -0.570. The SMILES string of the molecule is CCCCC[C@H]1CC[C@H](c2ccc(C3(C)OCC(CCC)CO3)cc2)CC1. The van der Waals surface area contributed by atoms with Crippen LogP contribution in [0.3, 0.4) is 0 Å². The third-order valence-corrected chi connectivity index (χ3v) is 6.86. The van der Waals surface area contributed by atoms with Crippen LogP contribution < -0.4 is 0 Å². The molecule has 1 aliphatic carbocycles. The summed E-state index contributed by atoms with van der Waals surface area (Å²) in [6.45, 7) is 8.23. The summed E-state index contributed by atoms with van der Waals surface area (Å²) in [7, 11) is 0. The fourth-order valence-corrected chi connectivity index (χ4v) is 4.91. The summed E-state index contributed by atoms with van der Waals surface area (Å²) in [5.41, 5.74) is 2.67. The molecule has 0 spiro atoms. The molecule has 3 rings (SSSR count). The van der Waals surface area contributed by atoms with Crippen molar-refractivity contribution in [2.75, 3.05) is 13.2 Å². The fraction of sp³-hybridized carbons (Fsp3) is 0.760. The Hall–Kier alpha value is -0.860. The number of hydrogen-bond donors (Lipinski definition) is 0. The molecule has 0 amide bonds. The first kappa shape index (κ1) is 20.9. The van der Waals surface area contributed by atoms with Crippen molar-refractivity contribution in [3.05, 3.63) is 35.4 Å². The van der Waals surface area contributed by atoms with Crippen molar-refractivity contribution >= 4 is 0 Å². The molecule has 1 aliphatic heterocycles. The number of ether oxygens (including phenoxy) is 2. The first-order valence-corrected chi connectivity index (χ1v) is 11.5. The second-order valence-electron chi connectivity index (χ2n) is 9.06. The van der Waals surface area contributed by atoms with Crippen molar-refractivity contribution in [1.29, 1.82) is 0 Å². The minimum Gasteiger partial charge on any atom is -0.346 e. The summed E-state index contributed by atoms with van der Waals surface area (Å²) in [5, 5.41) is 0. The molecule has 27 heavy (non-hydrogen) atoms. The second-order valence-corrected chi connectivity index (χ2v) is 9.06. The lowest BCUT2D eigenvalue weighted by Crippen LogP contribution is -2.39. The van der Waals surface area contributed by atoms with Crippen LogP contribution >= 0.6 is 0 Å². The third kappa shape index (κ3) is 5.57. The maximum Gasteiger partial charge on any atom is 0.191 e. The van der Waals surface area contributed by atoms with E-state index >= 15 is 0 Å². The van der Waals surface area contributed by atoms with Crippen LogP contribution in [-0.2, 0) is 15.3 Å². The highest BCUT2D eigenvalue weighted by Gasteiger charge is 2.34. The zero-order chi connectivity index (χ0) is 19.1. The van der Waals surface area contributed by atoms with Crippen LogP contribution in [0.15, 0.2) is 24.3 Å². The summed E-state index contributed by atoms with van der Waals surface area (Å²) < 4.78 is 12.3. The van der Waals surface area contributed by atoms with Gasteiger partial charge in [0.15, 0.2) is 5.79 Å². The average Bonchev–Trinajstić information content (AvgIpc) is 2.71. The Kier molecular flexibility index (Phi) is 7.78. The van der Waals surface area contributed by atoms with E-state index in [4.69, 9.17) is 9.47 Å². The van der Waals surface area contributed by atoms with Crippen LogP contribution in [-0.4, -0.2) is 13.2 Å². The van der Waals surface area contributed by atoms with E-state index in [2.05, 4.69) is 45.0 Å². The van der Waals surface area contributed by atoms with E-state index < -0.39 is 5.79 Å². The molecule has 0 N–H and O–H groups in total. The molecule has 0 bridgehead atoms. The van der Waals surface area contributed by atoms with Crippen molar-refractivity contribution in [1.82, 2.24) is 0 Å². The predicted molar refractivity (Wildman–Crippen MR) is 113 cm³/mol. The van der Waals surface area contributed by atoms with E-state index in [0.717, 1.165) is 30.6 Å². The van der Waals surface area contributed by atoms with Gasteiger partial charge in [-0.25, -0.2) is 0 Å². The zero-order valence-electron chi connectivity index (χ0n) is 17.8. The largest absolute Gasteiger partial charge is 0.346 e. The quantitative estimate of drug-likeness (QED) is 0.450. The summed E-state index contributed by atoms with van der Waals surface area (Å²) in [4.78, 5) is 0. The molecule has 1 saturated heterocycles. The molecule has 2 heteroatoms. The lowest BCUT2D eigenvalue weighted by molar-refractivity contribution is -0.282. The smallest absolute Gasteiger partial charge is 0.191 e. The van der Waals surface area contributed by atoms with Crippen LogP contribution in [0.25, 0.3) is 0 Å². The molecule has 1 heterocycles. The van der Waals surface area contributed by atoms with Crippen molar-refractivity contribution < 1.29 is 9.47 Å². The third-order valence-electron chi connectivity index (χ3n) is 6.86. The van der Waals surface area contributed by atoms with Gasteiger partial charge in [0, 0.05) is 11.5 Å². The molecule has 1 aromatic rings. The topological polar surface area (TPSA) is 18.5 Å². The Morgan fingerprint density at radius 3 is 2.07 bits per heavy atom. The maximum absolute atomic E-state index is 6.14. The zero-order valence-corrected chi connectivity index (χ0v) is 17.8. The van der Waals surface area contributed by atoms with Gasteiger partial charge in [-0.3, -0.25) is 0 Å². The van der Waals surface area contributed by atoms with Gasteiger partial charge >= 0.3 is 0 Å². The lowest BCUT2D eigenvalue weighted by Gasteiger charge is -2.38. The van der Waals surface area contributed by atoms with Crippen molar-refractivity contribution in [2.45, 2.75) is 96.7 Å². The highest BCUT2D eigenvalue weighted by molar-refractivity contribution is 5.28. The highest BCUT2D eigenvalue weighted by Crippen LogP contribution is 2.39. The fourth-order valence-electron chi connectivity index (χ4n) is 4.91. The monoisotopic (exact) mass is 372 g/mol. The van der Waals surface area contributed by atoms with Gasteiger partial charge in [0.05, 0.1) is 13.2 Å². The number of hydrogen-bond acceptors (Lipinski definition) is 2. The van der Waals surface area contributed by atoms with E-state index in [1.807, 2.05) is 0 Å². The number of benzene rings is 1. The van der Waals surface area contributed by atoms with Crippen LogP contribution in [0, 0.1) is 11.8 Å². The Morgan fingerprint density at radius 1 is 0.815 bits per heavy atom. The number of unbranched alkanes of at least 4 members (excludes halogenated alkanes) is 2. The van der Waals surface area contributed by atoms with Crippen molar-refractivity contribution in [3.63, 3.8) is 0 Å². The molecular weight excluding hydrogens is 332 g/mol. The van der Waals surface area contributed by atoms with E-state index in [-0.39, 0.29) is 0 Å². The van der Waals surface area contributed by atoms with Crippen molar-refractivity contribution in [3.8, 4) is 0 Å². The molecule has 0 aromatic heterocycles.